The normalized spacial score (nSPS) is 11.6. The average Bonchev–Trinajstić information content (AvgIpc) is 2.14. The van der Waals surface area contributed by atoms with Crippen LogP contribution in [0.4, 0.5) is 8.78 Å². The fourth-order valence-electron chi connectivity index (χ4n) is 1.22. The molecule has 7 heteroatoms. The Hall–Kier alpha value is -0.0100. The third-order valence-corrected chi connectivity index (χ3v) is 3.33. The lowest BCUT2D eigenvalue weighted by Crippen LogP contribution is -2.11. The molecule has 1 aromatic rings. The van der Waals surface area contributed by atoms with Crippen LogP contribution in [0, 0.1) is 0 Å². The van der Waals surface area contributed by atoms with E-state index in [0.29, 0.717) is 4.47 Å². The van der Waals surface area contributed by atoms with Crippen LogP contribution >= 0.6 is 47.8 Å². The highest BCUT2D eigenvalue weighted by molar-refractivity contribution is 9.10. The Balaban J connectivity index is 3.55. The van der Waals surface area contributed by atoms with Gasteiger partial charge in [0.2, 0.25) is 0 Å². The molecule has 0 spiro atoms. The SMILES string of the molecule is O=C(O)c1cc(Br)cc(C(F)(F)Br)c1CBr. The predicted octanol–water partition coefficient (Wildman–Crippen LogP) is 4.49. The summed E-state index contributed by atoms with van der Waals surface area (Å²) in [5, 5.41) is 8.95. The summed E-state index contributed by atoms with van der Waals surface area (Å²) < 4.78 is 26.7. The topological polar surface area (TPSA) is 37.3 Å². The van der Waals surface area contributed by atoms with E-state index in [1.165, 1.54) is 12.1 Å². The Morgan fingerprint density at radius 1 is 1.44 bits per heavy atom. The molecule has 88 valence electrons. The van der Waals surface area contributed by atoms with Crippen LogP contribution in [0.1, 0.15) is 21.5 Å². The fraction of sp³-hybridized carbons (Fsp3) is 0.222. The molecule has 1 aromatic carbocycles. The highest BCUT2D eigenvalue weighted by Gasteiger charge is 2.32. The second-order valence-corrected chi connectivity index (χ2v) is 5.39. The summed E-state index contributed by atoms with van der Waals surface area (Å²) >= 11 is 8.24. The van der Waals surface area contributed by atoms with Crippen molar-refractivity contribution in [3.63, 3.8) is 0 Å². The van der Waals surface area contributed by atoms with Crippen molar-refractivity contribution < 1.29 is 18.7 Å². The van der Waals surface area contributed by atoms with Gasteiger partial charge < -0.3 is 5.11 Å². The molecule has 0 saturated heterocycles. The first-order valence-electron chi connectivity index (χ1n) is 3.96. The molecule has 0 bridgehead atoms. The molecule has 16 heavy (non-hydrogen) atoms. The summed E-state index contributed by atoms with van der Waals surface area (Å²) in [6, 6.07) is 2.49. The number of carboxylic acid groups (broad SMARTS) is 1. The van der Waals surface area contributed by atoms with Crippen molar-refractivity contribution in [3.8, 4) is 0 Å². The zero-order valence-electron chi connectivity index (χ0n) is 7.61. The Morgan fingerprint density at radius 3 is 2.38 bits per heavy atom. The minimum absolute atomic E-state index is 0.0401. The van der Waals surface area contributed by atoms with Crippen LogP contribution < -0.4 is 0 Å². The maximum absolute atomic E-state index is 13.2. The Morgan fingerprint density at radius 2 is 2.00 bits per heavy atom. The first-order valence-corrected chi connectivity index (χ1v) is 6.67. The minimum atomic E-state index is -3.26. The maximum atomic E-state index is 13.2. The number of benzene rings is 1. The van der Waals surface area contributed by atoms with Crippen molar-refractivity contribution in [1.29, 1.82) is 0 Å². The fourth-order valence-corrected chi connectivity index (χ4v) is 2.64. The first kappa shape index (κ1) is 14.1. The second kappa shape index (κ2) is 5.10. The Labute approximate surface area is 115 Å². The molecule has 0 radical (unpaired) electrons. The number of halogens is 5. The number of alkyl halides is 4. The predicted molar refractivity (Wildman–Crippen MR) is 66.6 cm³/mol. The zero-order valence-corrected chi connectivity index (χ0v) is 12.4. The van der Waals surface area contributed by atoms with Crippen LogP contribution in [0.25, 0.3) is 0 Å². The van der Waals surface area contributed by atoms with E-state index in [1.807, 2.05) is 0 Å². The maximum Gasteiger partial charge on any atom is 0.336 e. The molecule has 0 atom stereocenters. The van der Waals surface area contributed by atoms with Crippen LogP contribution in [-0.2, 0) is 10.2 Å². The lowest BCUT2D eigenvalue weighted by atomic mass is 10.0. The summed E-state index contributed by atoms with van der Waals surface area (Å²) in [4.78, 5) is 7.65. The summed E-state index contributed by atoms with van der Waals surface area (Å²) in [6.07, 6.45) is 0. The van der Waals surface area contributed by atoms with Crippen LogP contribution in [0.15, 0.2) is 16.6 Å². The van der Waals surface area contributed by atoms with Crippen LogP contribution in [0.5, 0.6) is 0 Å². The van der Waals surface area contributed by atoms with E-state index in [4.69, 9.17) is 5.11 Å². The van der Waals surface area contributed by atoms with Gasteiger partial charge in [0, 0.05) is 15.4 Å². The molecule has 0 unspecified atom stereocenters. The molecule has 1 rings (SSSR count). The van der Waals surface area contributed by atoms with E-state index in [1.54, 1.807) is 0 Å². The molecule has 1 N–H and O–H groups in total. The lowest BCUT2D eigenvalue weighted by molar-refractivity contribution is 0.0695. The summed E-state index contributed by atoms with van der Waals surface area (Å²) in [5.41, 5.74) is -0.464. The number of carbonyl (C=O) groups is 1. The van der Waals surface area contributed by atoms with Crippen molar-refractivity contribution in [1.82, 2.24) is 0 Å². The summed E-state index contributed by atoms with van der Waals surface area (Å²) in [6.45, 7) is 0. The van der Waals surface area contributed by atoms with E-state index in [9.17, 15) is 13.6 Å². The van der Waals surface area contributed by atoms with Gasteiger partial charge in [-0.05, 0) is 33.6 Å². The molecule has 0 fully saturated rings. The minimum Gasteiger partial charge on any atom is -0.478 e. The van der Waals surface area contributed by atoms with Gasteiger partial charge in [0.1, 0.15) is 0 Å². The van der Waals surface area contributed by atoms with Crippen LogP contribution in [0.3, 0.4) is 0 Å². The van der Waals surface area contributed by atoms with Gasteiger partial charge in [-0.2, -0.15) is 8.78 Å². The number of hydrogen-bond donors (Lipinski definition) is 1. The van der Waals surface area contributed by atoms with E-state index in [2.05, 4.69) is 47.8 Å². The zero-order chi connectivity index (χ0) is 12.5. The molecule has 2 nitrogen and oxygen atoms in total. The summed E-state index contributed by atoms with van der Waals surface area (Å²) in [5.74, 6) is -1.24. The van der Waals surface area contributed by atoms with E-state index in [0.717, 1.165) is 0 Å². The van der Waals surface area contributed by atoms with Crippen LogP contribution in [-0.4, -0.2) is 11.1 Å². The average molecular weight is 423 g/mol. The van der Waals surface area contributed by atoms with Crippen molar-refractivity contribution in [2.45, 2.75) is 10.2 Å². The highest BCUT2D eigenvalue weighted by Crippen LogP contribution is 2.40. The smallest absolute Gasteiger partial charge is 0.336 e. The monoisotopic (exact) mass is 420 g/mol. The highest BCUT2D eigenvalue weighted by atomic mass is 79.9. The van der Waals surface area contributed by atoms with Gasteiger partial charge in [-0.1, -0.05) is 31.9 Å². The summed E-state index contributed by atoms with van der Waals surface area (Å²) in [7, 11) is 0. The Bertz CT molecular complexity index is 429. The van der Waals surface area contributed by atoms with Gasteiger partial charge in [0.25, 0.3) is 0 Å². The molecule has 0 amide bonds. The number of carboxylic acids is 1. The number of rotatable bonds is 3. The quantitative estimate of drug-likeness (QED) is 0.729. The molecule has 0 aromatic heterocycles. The Kier molecular flexibility index (Phi) is 4.48. The molecule has 0 aliphatic carbocycles. The molecule has 0 aliphatic rings. The molecular formula is C9H5Br3F2O2. The van der Waals surface area contributed by atoms with Crippen molar-refractivity contribution in [2.24, 2.45) is 0 Å². The van der Waals surface area contributed by atoms with E-state index in [-0.39, 0.29) is 22.0 Å². The van der Waals surface area contributed by atoms with Crippen molar-refractivity contribution in [2.75, 3.05) is 0 Å². The van der Waals surface area contributed by atoms with Gasteiger partial charge in [-0.3, -0.25) is 0 Å². The number of hydrogen-bond acceptors (Lipinski definition) is 1. The van der Waals surface area contributed by atoms with Gasteiger partial charge in [0.05, 0.1) is 5.56 Å². The third-order valence-electron chi connectivity index (χ3n) is 1.88. The number of aromatic carboxylic acids is 1. The van der Waals surface area contributed by atoms with Gasteiger partial charge in [0.15, 0.2) is 0 Å². The molecule has 0 heterocycles. The molecule has 0 saturated carbocycles. The van der Waals surface area contributed by atoms with E-state index < -0.39 is 10.8 Å². The molecule has 0 aliphatic heterocycles. The van der Waals surface area contributed by atoms with Crippen molar-refractivity contribution >= 4 is 53.8 Å². The molecular weight excluding hydrogens is 418 g/mol. The van der Waals surface area contributed by atoms with E-state index >= 15 is 0 Å². The van der Waals surface area contributed by atoms with Gasteiger partial charge in [-0.25, -0.2) is 4.79 Å². The van der Waals surface area contributed by atoms with Gasteiger partial charge in [-0.15, -0.1) is 0 Å². The first-order chi connectivity index (χ1) is 7.27. The van der Waals surface area contributed by atoms with Crippen molar-refractivity contribution in [3.05, 3.63) is 33.3 Å². The standard InChI is InChI=1S/C9H5Br3F2O2/c10-3-6-5(8(15)16)1-4(11)2-7(6)9(12,13)14/h1-2H,3H2,(H,15,16). The van der Waals surface area contributed by atoms with Crippen LogP contribution in [0.2, 0.25) is 0 Å². The van der Waals surface area contributed by atoms with Gasteiger partial charge >= 0.3 is 10.8 Å². The third kappa shape index (κ3) is 3.01. The second-order valence-electron chi connectivity index (χ2n) is 2.92. The largest absolute Gasteiger partial charge is 0.478 e. The lowest BCUT2D eigenvalue weighted by Gasteiger charge is -2.15.